The van der Waals surface area contributed by atoms with E-state index in [1.165, 1.54) is 12.1 Å². The van der Waals surface area contributed by atoms with Crippen LogP contribution in [0.3, 0.4) is 0 Å². The molecule has 0 saturated carbocycles. The molecule has 0 fully saturated rings. The number of aromatic amines is 1. The summed E-state index contributed by atoms with van der Waals surface area (Å²) >= 11 is 1.57. The minimum absolute atomic E-state index is 0.00270. The predicted octanol–water partition coefficient (Wildman–Crippen LogP) is 5.39. The van der Waals surface area contributed by atoms with Crippen molar-refractivity contribution in [3.05, 3.63) is 76.2 Å². The largest absolute Gasteiger partial charge is 0.496 e. The molecule has 0 bridgehead atoms. The number of benzene rings is 2. The fourth-order valence-electron chi connectivity index (χ4n) is 2.91. The molecule has 0 amide bonds. The highest BCUT2D eigenvalue weighted by atomic mass is 32.1. The van der Waals surface area contributed by atoms with Crippen LogP contribution in [-0.4, -0.2) is 22.0 Å². The molecule has 27 heavy (non-hydrogen) atoms. The highest BCUT2D eigenvalue weighted by Gasteiger charge is 2.21. The second-order valence-corrected chi connectivity index (χ2v) is 6.74. The Kier molecular flexibility index (Phi) is 4.43. The van der Waals surface area contributed by atoms with E-state index in [2.05, 4.69) is 4.98 Å². The first-order chi connectivity index (χ1) is 13.2. The zero-order valence-corrected chi connectivity index (χ0v) is 15.2. The van der Waals surface area contributed by atoms with Gasteiger partial charge < -0.3 is 9.72 Å². The summed E-state index contributed by atoms with van der Waals surface area (Å²) in [6, 6.07) is 18.2. The van der Waals surface area contributed by atoms with Crippen molar-refractivity contribution in [1.29, 1.82) is 0 Å². The number of hydrogen-bond acceptors (Lipinski definition) is 5. The summed E-state index contributed by atoms with van der Waals surface area (Å²) in [5, 5.41) is 13.3. The van der Waals surface area contributed by atoms with Gasteiger partial charge in [-0.25, -0.2) is 4.98 Å². The molecule has 0 aliphatic rings. The van der Waals surface area contributed by atoms with E-state index in [0.717, 1.165) is 16.1 Å². The van der Waals surface area contributed by atoms with E-state index in [1.807, 2.05) is 47.8 Å². The van der Waals surface area contributed by atoms with Crippen molar-refractivity contribution in [2.75, 3.05) is 7.11 Å². The van der Waals surface area contributed by atoms with Crippen LogP contribution in [0.25, 0.3) is 33.2 Å². The molecule has 7 heteroatoms. The molecule has 0 unspecified atom stereocenters. The Morgan fingerprint density at radius 2 is 1.93 bits per heavy atom. The van der Waals surface area contributed by atoms with Crippen LogP contribution in [0.1, 0.15) is 0 Å². The van der Waals surface area contributed by atoms with Crippen molar-refractivity contribution in [1.82, 2.24) is 9.97 Å². The van der Waals surface area contributed by atoms with Crippen LogP contribution in [0.5, 0.6) is 5.75 Å². The van der Waals surface area contributed by atoms with E-state index in [0.29, 0.717) is 22.8 Å². The number of rotatable bonds is 5. The molecule has 2 aromatic heterocycles. The first-order valence-corrected chi connectivity index (χ1v) is 9.07. The molecule has 4 rings (SSSR count). The molecule has 0 saturated heterocycles. The second kappa shape index (κ2) is 7.05. The Morgan fingerprint density at radius 1 is 1.11 bits per heavy atom. The molecular weight excluding hydrogens is 362 g/mol. The van der Waals surface area contributed by atoms with Gasteiger partial charge in [-0.2, -0.15) is 0 Å². The SMILES string of the molecule is COc1ccc([N+](=O)[O-])cc1-c1[nH]c(-c2cccs2)nc1-c1ccccc1. The van der Waals surface area contributed by atoms with E-state index in [4.69, 9.17) is 9.72 Å². The summed E-state index contributed by atoms with van der Waals surface area (Å²) in [5.74, 6) is 1.26. The minimum Gasteiger partial charge on any atom is -0.496 e. The molecular formula is C20H15N3O3S. The summed E-state index contributed by atoms with van der Waals surface area (Å²) < 4.78 is 5.46. The van der Waals surface area contributed by atoms with Crippen molar-refractivity contribution < 1.29 is 9.66 Å². The van der Waals surface area contributed by atoms with Crippen LogP contribution in [0, 0.1) is 10.1 Å². The average molecular weight is 377 g/mol. The molecule has 2 aromatic carbocycles. The molecule has 0 aliphatic heterocycles. The molecule has 134 valence electrons. The number of methoxy groups -OCH3 is 1. The van der Waals surface area contributed by atoms with Crippen LogP contribution in [0.2, 0.25) is 0 Å². The smallest absolute Gasteiger partial charge is 0.270 e. The molecule has 2 heterocycles. The predicted molar refractivity (Wildman–Crippen MR) is 106 cm³/mol. The van der Waals surface area contributed by atoms with Crippen molar-refractivity contribution in [3.8, 4) is 39.0 Å². The lowest BCUT2D eigenvalue weighted by Crippen LogP contribution is -1.94. The first kappa shape index (κ1) is 17.0. The quantitative estimate of drug-likeness (QED) is 0.373. The number of ether oxygens (including phenoxy) is 1. The third-order valence-corrected chi connectivity index (χ3v) is 5.05. The van der Waals surface area contributed by atoms with Crippen molar-refractivity contribution in [2.45, 2.75) is 0 Å². The molecule has 0 atom stereocenters. The zero-order chi connectivity index (χ0) is 18.8. The molecule has 1 N–H and O–H groups in total. The van der Waals surface area contributed by atoms with Gasteiger partial charge in [0.05, 0.1) is 28.3 Å². The van der Waals surface area contributed by atoms with E-state index in [-0.39, 0.29) is 5.69 Å². The lowest BCUT2D eigenvalue weighted by Gasteiger charge is -2.09. The number of aromatic nitrogens is 2. The van der Waals surface area contributed by atoms with Gasteiger partial charge >= 0.3 is 0 Å². The van der Waals surface area contributed by atoms with Crippen LogP contribution >= 0.6 is 11.3 Å². The number of nitro groups is 1. The standard InChI is InChI=1S/C20H15N3O3S/c1-26-16-10-9-14(23(24)25)12-15(16)19-18(13-6-3-2-4-7-13)21-20(22-19)17-8-5-11-27-17/h2-12H,1H3,(H,21,22). The van der Waals surface area contributed by atoms with Crippen LogP contribution in [0.4, 0.5) is 5.69 Å². The third-order valence-electron chi connectivity index (χ3n) is 4.17. The molecule has 0 radical (unpaired) electrons. The Bertz CT molecular complexity index is 1090. The maximum atomic E-state index is 11.3. The second-order valence-electron chi connectivity index (χ2n) is 5.79. The number of thiophene rings is 1. The van der Waals surface area contributed by atoms with E-state index >= 15 is 0 Å². The number of nitro benzene ring substituents is 1. The van der Waals surface area contributed by atoms with Crippen molar-refractivity contribution in [2.24, 2.45) is 0 Å². The van der Waals surface area contributed by atoms with Crippen LogP contribution in [0.15, 0.2) is 66.0 Å². The molecule has 0 spiro atoms. The molecule has 0 aliphatic carbocycles. The van der Waals surface area contributed by atoms with Gasteiger partial charge in [-0.15, -0.1) is 11.3 Å². The Labute approximate surface area is 159 Å². The lowest BCUT2D eigenvalue weighted by atomic mass is 10.0. The monoisotopic (exact) mass is 377 g/mol. The van der Waals surface area contributed by atoms with Crippen LogP contribution in [-0.2, 0) is 0 Å². The van der Waals surface area contributed by atoms with E-state index in [9.17, 15) is 10.1 Å². The Morgan fingerprint density at radius 3 is 2.59 bits per heavy atom. The summed E-state index contributed by atoms with van der Waals surface area (Å²) in [4.78, 5) is 20.0. The third kappa shape index (κ3) is 3.20. The van der Waals surface area contributed by atoms with Gasteiger partial charge in [0.1, 0.15) is 11.6 Å². The maximum Gasteiger partial charge on any atom is 0.270 e. The number of imidazole rings is 1. The summed E-state index contributed by atoms with van der Waals surface area (Å²) in [6.45, 7) is 0. The van der Waals surface area contributed by atoms with Gasteiger partial charge in [0.25, 0.3) is 5.69 Å². The summed E-state index contributed by atoms with van der Waals surface area (Å²) in [5.41, 5.74) is 2.92. The van der Waals surface area contributed by atoms with Crippen LogP contribution < -0.4 is 4.74 Å². The first-order valence-electron chi connectivity index (χ1n) is 8.19. The van der Waals surface area contributed by atoms with Gasteiger partial charge in [-0.1, -0.05) is 36.4 Å². The Balaban J connectivity index is 1.97. The Hall–Kier alpha value is -3.45. The van der Waals surface area contributed by atoms with Gasteiger partial charge in [0, 0.05) is 23.3 Å². The molecule has 6 nitrogen and oxygen atoms in total. The highest BCUT2D eigenvalue weighted by Crippen LogP contribution is 2.39. The number of hydrogen-bond donors (Lipinski definition) is 1. The van der Waals surface area contributed by atoms with Gasteiger partial charge in [0.2, 0.25) is 0 Å². The van der Waals surface area contributed by atoms with Gasteiger partial charge in [-0.05, 0) is 17.5 Å². The fraction of sp³-hybridized carbons (Fsp3) is 0.0500. The van der Waals surface area contributed by atoms with Gasteiger partial charge in [-0.3, -0.25) is 10.1 Å². The minimum atomic E-state index is -0.415. The number of non-ortho nitro benzene ring substituents is 1. The topological polar surface area (TPSA) is 81.0 Å². The van der Waals surface area contributed by atoms with Crippen molar-refractivity contribution >= 4 is 17.0 Å². The summed E-state index contributed by atoms with van der Waals surface area (Å²) in [7, 11) is 1.55. The highest BCUT2D eigenvalue weighted by molar-refractivity contribution is 7.13. The zero-order valence-electron chi connectivity index (χ0n) is 14.4. The lowest BCUT2D eigenvalue weighted by molar-refractivity contribution is -0.384. The van der Waals surface area contributed by atoms with E-state index in [1.54, 1.807) is 24.5 Å². The van der Waals surface area contributed by atoms with E-state index < -0.39 is 4.92 Å². The molecule has 4 aromatic rings. The van der Waals surface area contributed by atoms with Crippen molar-refractivity contribution in [3.63, 3.8) is 0 Å². The fourth-order valence-corrected chi connectivity index (χ4v) is 3.58. The number of nitrogens with zero attached hydrogens (tertiary/aromatic N) is 2. The average Bonchev–Trinajstić information content (AvgIpc) is 3.37. The number of H-pyrrole nitrogens is 1. The normalized spacial score (nSPS) is 10.7. The number of nitrogens with one attached hydrogen (secondary N) is 1. The summed E-state index contributed by atoms with van der Waals surface area (Å²) in [6.07, 6.45) is 0. The van der Waals surface area contributed by atoms with Gasteiger partial charge in [0.15, 0.2) is 0 Å². The maximum absolute atomic E-state index is 11.3.